The van der Waals surface area contributed by atoms with E-state index in [1.165, 1.54) is 0 Å². The summed E-state index contributed by atoms with van der Waals surface area (Å²) in [5.41, 5.74) is 4.19. The number of hydrogen-bond acceptors (Lipinski definition) is 4. The van der Waals surface area contributed by atoms with E-state index in [9.17, 15) is 0 Å². The van der Waals surface area contributed by atoms with Crippen LogP contribution in [0.2, 0.25) is 0 Å². The Labute approximate surface area is 117 Å². The van der Waals surface area contributed by atoms with Gasteiger partial charge in [0, 0.05) is 19.2 Å². The van der Waals surface area contributed by atoms with Crippen LogP contribution in [0.25, 0.3) is 0 Å². The van der Waals surface area contributed by atoms with Crippen LogP contribution in [0.4, 0.5) is 11.5 Å². The van der Waals surface area contributed by atoms with Crippen LogP contribution >= 0.6 is 0 Å². The van der Waals surface area contributed by atoms with Crippen molar-refractivity contribution in [3.8, 4) is 5.75 Å². The molecule has 1 aliphatic rings. The number of ether oxygens (including phenoxy) is 1. The monoisotopic (exact) mass is 268 g/mol. The van der Waals surface area contributed by atoms with Gasteiger partial charge in [-0.15, -0.1) is 0 Å². The van der Waals surface area contributed by atoms with E-state index in [0.717, 1.165) is 36.1 Å². The molecule has 1 fully saturated rings. The minimum Gasteiger partial charge on any atom is -0.497 e. The summed E-state index contributed by atoms with van der Waals surface area (Å²) < 4.78 is 5.13. The lowest BCUT2D eigenvalue weighted by atomic mass is 10.3. The maximum atomic E-state index is 5.13. The molecule has 3 rings (SSSR count). The molecule has 0 unspecified atom stereocenters. The number of anilines is 1. The molecule has 5 heteroatoms. The van der Waals surface area contributed by atoms with E-state index in [1.807, 2.05) is 47.5 Å². The number of benzene rings is 1. The fraction of sp³-hybridized carbons (Fsp3) is 0.200. The summed E-state index contributed by atoms with van der Waals surface area (Å²) in [5.74, 6) is 2.69. The second kappa shape index (κ2) is 5.61. The summed E-state index contributed by atoms with van der Waals surface area (Å²) in [6.07, 6.45) is 2.66. The Bertz CT molecular complexity index is 595. The molecular formula is C15H16N4O. The lowest BCUT2D eigenvalue weighted by molar-refractivity contribution is 0.415. The van der Waals surface area contributed by atoms with Crippen molar-refractivity contribution in [3.63, 3.8) is 0 Å². The molecule has 1 aromatic carbocycles. The van der Waals surface area contributed by atoms with Crippen LogP contribution < -0.4 is 15.2 Å². The van der Waals surface area contributed by atoms with Gasteiger partial charge in [-0.3, -0.25) is 10.4 Å². The number of pyridine rings is 1. The van der Waals surface area contributed by atoms with Crippen LogP contribution in [0.1, 0.15) is 6.42 Å². The van der Waals surface area contributed by atoms with Crippen molar-refractivity contribution in [2.75, 3.05) is 18.7 Å². The van der Waals surface area contributed by atoms with Gasteiger partial charge in [0.2, 0.25) is 0 Å². The molecule has 1 aliphatic heterocycles. The van der Waals surface area contributed by atoms with Crippen molar-refractivity contribution >= 4 is 17.3 Å². The summed E-state index contributed by atoms with van der Waals surface area (Å²) in [5, 5.41) is 2.00. The van der Waals surface area contributed by atoms with E-state index < -0.39 is 0 Å². The molecule has 102 valence electrons. The van der Waals surface area contributed by atoms with Crippen molar-refractivity contribution in [2.24, 2.45) is 4.99 Å². The number of nitrogens with one attached hydrogen (secondary N) is 1. The molecule has 0 saturated carbocycles. The Kier molecular flexibility index (Phi) is 3.50. The average molecular weight is 268 g/mol. The van der Waals surface area contributed by atoms with E-state index in [2.05, 4.69) is 15.4 Å². The Morgan fingerprint density at radius 1 is 1.20 bits per heavy atom. The summed E-state index contributed by atoms with van der Waals surface area (Å²) in [6, 6.07) is 13.6. The highest BCUT2D eigenvalue weighted by atomic mass is 16.5. The zero-order valence-electron chi connectivity index (χ0n) is 11.3. The highest BCUT2D eigenvalue weighted by molar-refractivity contribution is 5.88. The largest absolute Gasteiger partial charge is 0.497 e. The van der Waals surface area contributed by atoms with Gasteiger partial charge in [-0.05, 0) is 36.4 Å². The predicted octanol–water partition coefficient (Wildman–Crippen LogP) is 2.54. The quantitative estimate of drug-likeness (QED) is 0.929. The Hall–Kier alpha value is -2.56. The van der Waals surface area contributed by atoms with Crippen molar-refractivity contribution in [2.45, 2.75) is 6.42 Å². The van der Waals surface area contributed by atoms with E-state index in [-0.39, 0.29) is 0 Å². The van der Waals surface area contributed by atoms with Gasteiger partial charge in [-0.1, -0.05) is 6.07 Å². The van der Waals surface area contributed by atoms with Gasteiger partial charge in [0.05, 0.1) is 12.8 Å². The fourth-order valence-corrected chi connectivity index (χ4v) is 2.06. The molecule has 0 bridgehead atoms. The fourth-order valence-electron chi connectivity index (χ4n) is 2.06. The molecule has 0 atom stereocenters. The maximum Gasteiger partial charge on any atom is 0.146 e. The van der Waals surface area contributed by atoms with Crippen LogP contribution in [-0.4, -0.2) is 24.5 Å². The molecule has 0 amide bonds. The first-order chi connectivity index (χ1) is 9.85. The average Bonchev–Trinajstić information content (AvgIpc) is 2.97. The normalized spacial score (nSPS) is 16.2. The second-order valence-corrected chi connectivity index (χ2v) is 4.46. The van der Waals surface area contributed by atoms with Gasteiger partial charge in [0.25, 0.3) is 0 Å². The summed E-state index contributed by atoms with van der Waals surface area (Å²) in [6.45, 7) is 0.867. The van der Waals surface area contributed by atoms with E-state index >= 15 is 0 Å². The zero-order valence-corrected chi connectivity index (χ0v) is 11.3. The van der Waals surface area contributed by atoms with Gasteiger partial charge in [0.1, 0.15) is 17.4 Å². The van der Waals surface area contributed by atoms with Gasteiger partial charge in [-0.2, -0.15) is 0 Å². The molecule has 5 nitrogen and oxygen atoms in total. The molecule has 2 heterocycles. The predicted molar refractivity (Wildman–Crippen MR) is 79.4 cm³/mol. The summed E-state index contributed by atoms with van der Waals surface area (Å²) >= 11 is 0. The topological polar surface area (TPSA) is 49.8 Å². The van der Waals surface area contributed by atoms with Crippen molar-refractivity contribution in [1.82, 2.24) is 10.4 Å². The van der Waals surface area contributed by atoms with Gasteiger partial charge in [0.15, 0.2) is 0 Å². The Morgan fingerprint density at radius 2 is 2.05 bits per heavy atom. The lowest BCUT2D eigenvalue weighted by Gasteiger charge is -2.16. The number of aliphatic imine (C=N–C) groups is 1. The second-order valence-electron chi connectivity index (χ2n) is 4.46. The Balaban J connectivity index is 1.71. The number of nitrogens with zero attached hydrogens (tertiary/aromatic N) is 3. The van der Waals surface area contributed by atoms with Crippen LogP contribution in [0.3, 0.4) is 0 Å². The molecule has 0 aliphatic carbocycles. The van der Waals surface area contributed by atoms with Crippen LogP contribution in [0.5, 0.6) is 5.75 Å². The molecule has 2 aromatic rings. The summed E-state index contributed by atoms with van der Waals surface area (Å²) in [7, 11) is 1.66. The highest BCUT2D eigenvalue weighted by Gasteiger charge is 2.17. The first kappa shape index (κ1) is 12.5. The number of aromatic nitrogens is 1. The number of hydrazine groups is 1. The SMILES string of the molecule is COc1ccc(N=C2CCN(c3ccccn3)N2)cc1. The molecule has 1 aromatic heterocycles. The first-order valence-electron chi connectivity index (χ1n) is 6.52. The maximum absolute atomic E-state index is 5.13. The molecule has 1 saturated heterocycles. The van der Waals surface area contributed by atoms with Crippen molar-refractivity contribution in [1.29, 1.82) is 0 Å². The van der Waals surface area contributed by atoms with Crippen LogP contribution in [-0.2, 0) is 0 Å². The smallest absolute Gasteiger partial charge is 0.146 e. The third kappa shape index (κ3) is 2.71. The van der Waals surface area contributed by atoms with Gasteiger partial charge < -0.3 is 4.74 Å². The molecule has 1 N–H and O–H groups in total. The number of hydrogen-bond donors (Lipinski definition) is 1. The number of methoxy groups -OCH3 is 1. The lowest BCUT2D eigenvalue weighted by Crippen LogP contribution is -2.33. The third-order valence-corrected chi connectivity index (χ3v) is 3.10. The van der Waals surface area contributed by atoms with Crippen molar-refractivity contribution in [3.05, 3.63) is 48.7 Å². The standard InChI is InChI=1S/C15H16N4O/c1-20-13-7-5-12(6-8-13)17-14-9-11-19(18-14)15-4-2-3-10-16-15/h2-8,10H,9,11H2,1H3,(H,17,18). The highest BCUT2D eigenvalue weighted by Crippen LogP contribution is 2.19. The number of amidine groups is 1. The summed E-state index contributed by atoms with van der Waals surface area (Å²) in [4.78, 5) is 8.91. The minimum absolute atomic E-state index is 0.837. The molecular weight excluding hydrogens is 252 g/mol. The van der Waals surface area contributed by atoms with E-state index in [4.69, 9.17) is 4.74 Å². The van der Waals surface area contributed by atoms with Crippen molar-refractivity contribution < 1.29 is 4.74 Å². The zero-order chi connectivity index (χ0) is 13.8. The van der Waals surface area contributed by atoms with Crippen LogP contribution in [0, 0.1) is 0 Å². The van der Waals surface area contributed by atoms with Gasteiger partial charge in [-0.25, -0.2) is 9.98 Å². The van der Waals surface area contributed by atoms with E-state index in [0.29, 0.717) is 0 Å². The molecule has 20 heavy (non-hydrogen) atoms. The molecule has 0 spiro atoms. The number of rotatable bonds is 3. The Morgan fingerprint density at radius 3 is 2.75 bits per heavy atom. The van der Waals surface area contributed by atoms with E-state index in [1.54, 1.807) is 13.3 Å². The van der Waals surface area contributed by atoms with Gasteiger partial charge >= 0.3 is 0 Å². The first-order valence-corrected chi connectivity index (χ1v) is 6.52. The minimum atomic E-state index is 0.837. The molecule has 0 radical (unpaired) electrons. The van der Waals surface area contributed by atoms with Crippen LogP contribution in [0.15, 0.2) is 53.7 Å². The third-order valence-electron chi connectivity index (χ3n) is 3.10.